The minimum absolute atomic E-state index is 0.132. The topological polar surface area (TPSA) is 57.0 Å². The van der Waals surface area contributed by atoms with Crippen molar-refractivity contribution in [2.45, 2.75) is 6.92 Å². The maximum absolute atomic E-state index is 12.3. The van der Waals surface area contributed by atoms with Crippen LogP contribution in [0.5, 0.6) is 5.75 Å². The molecule has 0 aliphatic carbocycles. The fraction of sp³-hybridized carbons (Fsp3) is 0.250. The molecule has 0 N–H and O–H groups in total. The molecule has 88 valence electrons. The van der Waals surface area contributed by atoms with Gasteiger partial charge in [0.1, 0.15) is 0 Å². The summed E-state index contributed by atoms with van der Waals surface area (Å²) in [5.41, 5.74) is 1.69. The summed E-state index contributed by atoms with van der Waals surface area (Å²) in [4.78, 5) is 16.5. The summed E-state index contributed by atoms with van der Waals surface area (Å²) in [6.45, 7) is 1.80. The predicted octanol–water partition coefficient (Wildman–Crippen LogP) is 1.36. The highest BCUT2D eigenvalue weighted by molar-refractivity contribution is 6.10. The van der Waals surface area contributed by atoms with Gasteiger partial charge in [0.15, 0.2) is 11.4 Å². The molecule has 5 heteroatoms. The maximum Gasteiger partial charge on any atom is 0.216 e. The summed E-state index contributed by atoms with van der Waals surface area (Å²) in [6.07, 6.45) is 3.19. The number of hydrogen-bond acceptors (Lipinski definition) is 4. The van der Waals surface area contributed by atoms with Gasteiger partial charge in [-0.15, -0.1) is 0 Å². The third-order valence-corrected chi connectivity index (χ3v) is 2.59. The zero-order valence-corrected chi connectivity index (χ0v) is 9.97. The minimum Gasteiger partial charge on any atom is -0.493 e. The third kappa shape index (κ3) is 1.91. The van der Waals surface area contributed by atoms with E-state index in [1.165, 1.54) is 18.0 Å². The van der Waals surface area contributed by atoms with E-state index >= 15 is 0 Å². The molecule has 2 aromatic rings. The van der Waals surface area contributed by atoms with Gasteiger partial charge < -0.3 is 4.74 Å². The predicted molar refractivity (Wildman–Crippen MR) is 62.2 cm³/mol. The number of methoxy groups -OCH3 is 1. The molecule has 2 rings (SSSR count). The molecule has 0 aliphatic rings. The summed E-state index contributed by atoms with van der Waals surface area (Å²) in [6, 6.07) is 3.49. The molecule has 2 heterocycles. The van der Waals surface area contributed by atoms with E-state index in [2.05, 4.69) is 10.1 Å². The van der Waals surface area contributed by atoms with Crippen LogP contribution in [0.1, 0.15) is 21.7 Å². The van der Waals surface area contributed by atoms with Gasteiger partial charge in [0, 0.05) is 24.5 Å². The van der Waals surface area contributed by atoms with Crippen molar-refractivity contribution >= 4 is 5.78 Å². The van der Waals surface area contributed by atoms with Crippen LogP contribution >= 0.6 is 0 Å². The summed E-state index contributed by atoms with van der Waals surface area (Å²) < 4.78 is 6.63. The first-order valence-corrected chi connectivity index (χ1v) is 5.17. The van der Waals surface area contributed by atoms with Crippen molar-refractivity contribution in [3.63, 3.8) is 0 Å². The smallest absolute Gasteiger partial charge is 0.216 e. The van der Waals surface area contributed by atoms with Crippen molar-refractivity contribution in [2.24, 2.45) is 7.05 Å². The Bertz CT molecular complexity index is 561. The minimum atomic E-state index is -0.132. The molecule has 0 aromatic carbocycles. The van der Waals surface area contributed by atoms with Crippen molar-refractivity contribution in [2.75, 3.05) is 7.11 Å². The lowest BCUT2D eigenvalue weighted by molar-refractivity contribution is 0.102. The Labute approximate surface area is 99.1 Å². The Morgan fingerprint density at radius 1 is 1.47 bits per heavy atom. The molecule has 0 bridgehead atoms. The second-order valence-electron chi connectivity index (χ2n) is 3.65. The lowest BCUT2D eigenvalue weighted by Crippen LogP contribution is -2.11. The average molecular weight is 231 g/mol. The number of pyridine rings is 1. The van der Waals surface area contributed by atoms with Gasteiger partial charge >= 0.3 is 0 Å². The lowest BCUT2D eigenvalue weighted by Gasteiger charge is -2.06. The highest BCUT2D eigenvalue weighted by Crippen LogP contribution is 2.21. The van der Waals surface area contributed by atoms with Crippen LogP contribution in [0, 0.1) is 6.92 Å². The van der Waals surface area contributed by atoms with Crippen LogP contribution in [0.4, 0.5) is 0 Å². The molecule has 2 aromatic heterocycles. The Hall–Kier alpha value is -2.17. The van der Waals surface area contributed by atoms with Crippen LogP contribution in [-0.4, -0.2) is 27.7 Å². The molecule has 0 saturated heterocycles. The van der Waals surface area contributed by atoms with Crippen molar-refractivity contribution < 1.29 is 9.53 Å². The lowest BCUT2D eigenvalue weighted by atomic mass is 10.1. The Morgan fingerprint density at radius 2 is 2.24 bits per heavy atom. The van der Waals surface area contributed by atoms with E-state index in [4.69, 9.17) is 4.74 Å². The van der Waals surface area contributed by atoms with Gasteiger partial charge in [-0.2, -0.15) is 5.10 Å². The van der Waals surface area contributed by atoms with Crippen molar-refractivity contribution in [1.29, 1.82) is 0 Å². The molecular weight excluding hydrogens is 218 g/mol. The fourth-order valence-electron chi connectivity index (χ4n) is 1.68. The van der Waals surface area contributed by atoms with Crippen LogP contribution in [0.2, 0.25) is 0 Å². The number of nitrogens with zero attached hydrogens (tertiary/aromatic N) is 3. The van der Waals surface area contributed by atoms with Crippen molar-refractivity contribution in [1.82, 2.24) is 14.8 Å². The first-order chi connectivity index (χ1) is 8.15. The second-order valence-corrected chi connectivity index (χ2v) is 3.65. The quantitative estimate of drug-likeness (QED) is 0.748. The number of ether oxygens (including phenoxy) is 1. The van der Waals surface area contributed by atoms with E-state index in [9.17, 15) is 4.79 Å². The van der Waals surface area contributed by atoms with Crippen LogP contribution in [0.3, 0.4) is 0 Å². The largest absolute Gasteiger partial charge is 0.493 e. The van der Waals surface area contributed by atoms with Gasteiger partial charge in [-0.1, -0.05) is 0 Å². The fourth-order valence-corrected chi connectivity index (χ4v) is 1.68. The van der Waals surface area contributed by atoms with Gasteiger partial charge in [-0.3, -0.25) is 14.5 Å². The summed E-state index contributed by atoms with van der Waals surface area (Å²) >= 11 is 0. The highest BCUT2D eigenvalue weighted by atomic mass is 16.5. The van der Waals surface area contributed by atoms with E-state index in [1.807, 2.05) is 0 Å². The SMILES string of the molecule is COc1cnn(C)c1C(=O)c1cccnc1C. The second kappa shape index (κ2) is 4.37. The van der Waals surface area contributed by atoms with Gasteiger partial charge in [0.05, 0.1) is 13.3 Å². The van der Waals surface area contributed by atoms with Crippen LogP contribution < -0.4 is 4.74 Å². The number of carbonyl (C=O) groups is 1. The number of ketones is 1. The van der Waals surface area contributed by atoms with E-state index < -0.39 is 0 Å². The number of aromatic nitrogens is 3. The first-order valence-electron chi connectivity index (χ1n) is 5.17. The van der Waals surface area contributed by atoms with Gasteiger partial charge in [0.2, 0.25) is 5.78 Å². The van der Waals surface area contributed by atoms with Gasteiger partial charge in [-0.05, 0) is 19.1 Å². The van der Waals surface area contributed by atoms with Gasteiger partial charge in [-0.25, -0.2) is 0 Å². The van der Waals surface area contributed by atoms with E-state index in [-0.39, 0.29) is 5.78 Å². The zero-order valence-electron chi connectivity index (χ0n) is 9.97. The summed E-state index contributed by atoms with van der Waals surface area (Å²) in [5, 5.41) is 4.01. The third-order valence-electron chi connectivity index (χ3n) is 2.59. The molecule has 0 spiro atoms. The van der Waals surface area contributed by atoms with Crippen LogP contribution in [0.25, 0.3) is 0 Å². The molecule has 0 atom stereocenters. The molecule has 5 nitrogen and oxygen atoms in total. The van der Waals surface area contributed by atoms with Crippen molar-refractivity contribution in [3.05, 3.63) is 41.5 Å². The first kappa shape index (κ1) is 11.3. The van der Waals surface area contributed by atoms with E-state index in [0.717, 1.165) is 0 Å². The van der Waals surface area contributed by atoms with E-state index in [1.54, 1.807) is 32.3 Å². The molecule has 0 fully saturated rings. The number of carbonyl (C=O) groups excluding carboxylic acids is 1. The van der Waals surface area contributed by atoms with Gasteiger partial charge in [0.25, 0.3) is 0 Å². The summed E-state index contributed by atoms with van der Waals surface area (Å²) in [5.74, 6) is 0.341. The zero-order chi connectivity index (χ0) is 12.4. The number of rotatable bonds is 3. The highest BCUT2D eigenvalue weighted by Gasteiger charge is 2.20. The molecule has 0 saturated carbocycles. The monoisotopic (exact) mass is 231 g/mol. The standard InChI is InChI=1S/C12H13N3O2/c1-8-9(5-4-6-13-8)12(16)11-10(17-3)7-14-15(11)2/h4-7H,1-3H3. The average Bonchev–Trinajstić information content (AvgIpc) is 2.70. The van der Waals surface area contributed by atoms with Crippen molar-refractivity contribution in [3.8, 4) is 5.75 Å². The molecule has 0 radical (unpaired) electrons. The van der Waals surface area contributed by atoms with E-state index in [0.29, 0.717) is 22.7 Å². The molecule has 0 unspecified atom stereocenters. The normalized spacial score (nSPS) is 10.3. The Kier molecular flexibility index (Phi) is 2.91. The summed E-state index contributed by atoms with van der Waals surface area (Å²) in [7, 11) is 3.23. The maximum atomic E-state index is 12.3. The molecule has 0 amide bonds. The molecule has 17 heavy (non-hydrogen) atoms. The Morgan fingerprint density at radius 3 is 2.88 bits per heavy atom. The number of hydrogen-bond donors (Lipinski definition) is 0. The molecular formula is C12H13N3O2. The van der Waals surface area contributed by atoms with Crippen LogP contribution in [-0.2, 0) is 7.05 Å². The van der Waals surface area contributed by atoms with Crippen LogP contribution in [0.15, 0.2) is 24.5 Å². The molecule has 0 aliphatic heterocycles. The Balaban J connectivity index is 2.51. The number of aryl methyl sites for hydroxylation is 2.